The third-order valence-corrected chi connectivity index (χ3v) is 5.16. The third-order valence-electron chi connectivity index (χ3n) is 5.16. The van der Waals surface area contributed by atoms with Gasteiger partial charge < -0.3 is 19.4 Å². The number of hydrogen-bond acceptors (Lipinski definition) is 5. The first-order valence-electron chi connectivity index (χ1n) is 8.50. The van der Waals surface area contributed by atoms with E-state index < -0.39 is 0 Å². The van der Waals surface area contributed by atoms with E-state index in [1.165, 1.54) is 5.56 Å². The van der Waals surface area contributed by atoms with Crippen LogP contribution in [0.25, 0.3) is 21.9 Å². The summed E-state index contributed by atoms with van der Waals surface area (Å²) in [5.41, 5.74) is 4.35. The summed E-state index contributed by atoms with van der Waals surface area (Å²) in [4.78, 5) is 14.9. The van der Waals surface area contributed by atoms with Gasteiger partial charge in [0.1, 0.15) is 17.4 Å². The Morgan fingerprint density at radius 2 is 1.92 bits per heavy atom. The summed E-state index contributed by atoms with van der Waals surface area (Å²) in [5.74, 6) is 0.613. The van der Waals surface area contributed by atoms with Crippen LogP contribution in [0.15, 0.2) is 24.5 Å². The lowest BCUT2D eigenvalue weighted by molar-refractivity contribution is -0.169. The fourth-order valence-electron chi connectivity index (χ4n) is 3.88. The molecule has 5 rings (SSSR count). The van der Waals surface area contributed by atoms with Gasteiger partial charge in [0.05, 0.1) is 13.2 Å². The smallest absolute Gasteiger partial charge is 0.171 e. The molecule has 4 heterocycles. The number of piperidine rings is 1. The molecule has 2 fully saturated rings. The Labute approximate surface area is 139 Å². The van der Waals surface area contributed by atoms with Gasteiger partial charge in [-0.25, -0.2) is 9.97 Å². The van der Waals surface area contributed by atoms with Crippen molar-refractivity contribution in [1.82, 2.24) is 15.0 Å². The van der Waals surface area contributed by atoms with Crippen LogP contribution in [0.3, 0.4) is 0 Å². The van der Waals surface area contributed by atoms with Crippen molar-refractivity contribution in [2.75, 3.05) is 31.2 Å². The molecule has 0 saturated carbocycles. The molecule has 3 aromatic rings. The summed E-state index contributed by atoms with van der Waals surface area (Å²) in [7, 11) is 0. The normalized spacial score (nSPS) is 20.5. The average molecular weight is 324 g/mol. The molecule has 24 heavy (non-hydrogen) atoms. The molecule has 0 amide bonds. The van der Waals surface area contributed by atoms with Crippen LogP contribution in [0, 0.1) is 6.92 Å². The standard InChI is InChI=1S/C18H20N4O2/c1-12-2-3-14-13(10-12)15-16(21-14)17(20-11-19-15)22-6-4-18(5-7-22)23-8-9-24-18/h2-3,10-11,21H,4-9H2,1H3. The van der Waals surface area contributed by atoms with E-state index in [-0.39, 0.29) is 5.79 Å². The molecule has 0 atom stereocenters. The zero-order valence-electron chi connectivity index (χ0n) is 13.7. The molecule has 0 radical (unpaired) electrons. The molecule has 2 aliphatic heterocycles. The van der Waals surface area contributed by atoms with Gasteiger partial charge in [0.25, 0.3) is 0 Å². The van der Waals surface area contributed by atoms with E-state index in [9.17, 15) is 0 Å². The van der Waals surface area contributed by atoms with Crippen LogP contribution in [0.5, 0.6) is 0 Å². The Hall–Kier alpha value is -2.18. The summed E-state index contributed by atoms with van der Waals surface area (Å²) in [6.45, 7) is 5.27. The van der Waals surface area contributed by atoms with Crippen LogP contribution in [0.1, 0.15) is 18.4 Å². The van der Waals surface area contributed by atoms with Crippen molar-refractivity contribution in [3.05, 3.63) is 30.1 Å². The fourth-order valence-corrected chi connectivity index (χ4v) is 3.88. The minimum Gasteiger partial charge on any atom is -0.354 e. The number of H-pyrrole nitrogens is 1. The maximum atomic E-state index is 5.82. The van der Waals surface area contributed by atoms with Gasteiger partial charge in [-0.2, -0.15) is 0 Å². The van der Waals surface area contributed by atoms with E-state index in [4.69, 9.17) is 9.47 Å². The van der Waals surface area contributed by atoms with E-state index in [1.54, 1.807) is 6.33 Å². The molecule has 2 aliphatic rings. The lowest BCUT2D eigenvalue weighted by Gasteiger charge is -2.38. The minimum atomic E-state index is -0.361. The molecule has 1 aromatic carbocycles. The third kappa shape index (κ3) is 2.10. The second-order valence-electron chi connectivity index (χ2n) is 6.69. The largest absolute Gasteiger partial charge is 0.354 e. The Balaban J connectivity index is 1.54. The van der Waals surface area contributed by atoms with Gasteiger partial charge in [0.2, 0.25) is 0 Å². The van der Waals surface area contributed by atoms with Crippen LogP contribution in [-0.2, 0) is 9.47 Å². The molecule has 0 bridgehead atoms. The Morgan fingerprint density at radius 1 is 1.12 bits per heavy atom. The van der Waals surface area contributed by atoms with Crippen LogP contribution < -0.4 is 4.90 Å². The summed E-state index contributed by atoms with van der Waals surface area (Å²) in [6, 6.07) is 6.40. The number of aromatic nitrogens is 3. The first-order valence-corrected chi connectivity index (χ1v) is 8.50. The van der Waals surface area contributed by atoms with Crippen molar-refractivity contribution >= 4 is 27.8 Å². The molecule has 0 aliphatic carbocycles. The average Bonchev–Trinajstić information content (AvgIpc) is 3.20. The first-order chi connectivity index (χ1) is 11.7. The van der Waals surface area contributed by atoms with Gasteiger partial charge in [-0.1, -0.05) is 11.6 Å². The topological polar surface area (TPSA) is 63.3 Å². The van der Waals surface area contributed by atoms with Crippen LogP contribution >= 0.6 is 0 Å². The number of rotatable bonds is 1. The van der Waals surface area contributed by atoms with Crippen molar-refractivity contribution in [2.45, 2.75) is 25.6 Å². The molecule has 124 valence electrons. The van der Waals surface area contributed by atoms with Crippen molar-refractivity contribution in [3.63, 3.8) is 0 Å². The first kappa shape index (κ1) is 14.2. The summed E-state index contributed by atoms with van der Waals surface area (Å²) in [5, 5.41) is 1.16. The maximum absolute atomic E-state index is 5.82. The number of aromatic amines is 1. The highest BCUT2D eigenvalue weighted by Gasteiger charge is 2.40. The van der Waals surface area contributed by atoms with Gasteiger partial charge in [-0.05, 0) is 19.1 Å². The molecular formula is C18H20N4O2. The second-order valence-corrected chi connectivity index (χ2v) is 6.69. The molecule has 1 N–H and O–H groups in total. The Kier molecular flexibility index (Phi) is 3.05. The van der Waals surface area contributed by atoms with E-state index >= 15 is 0 Å². The lowest BCUT2D eigenvalue weighted by atomic mass is 10.0. The predicted octanol–water partition coefficient (Wildman–Crippen LogP) is 2.76. The summed E-state index contributed by atoms with van der Waals surface area (Å²) in [6.07, 6.45) is 3.41. The highest BCUT2D eigenvalue weighted by molar-refractivity contribution is 6.08. The van der Waals surface area contributed by atoms with Crippen molar-refractivity contribution in [3.8, 4) is 0 Å². The number of aryl methyl sites for hydroxylation is 1. The number of fused-ring (bicyclic) bond motifs is 3. The molecule has 6 heteroatoms. The van der Waals surface area contributed by atoms with Gasteiger partial charge in [0, 0.05) is 36.8 Å². The fraction of sp³-hybridized carbons (Fsp3) is 0.444. The molecule has 2 saturated heterocycles. The highest BCUT2D eigenvalue weighted by Crippen LogP contribution is 2.35. The SMILES string of the molecule is Cc1ccc2[nH]c3c(N4CCC5(CC4)OCCO5)ncnc3c2c1. The number of nitrogens with zero attached hydrogens (tertiary/aromatic N) is 3. The van der Waals surface area contributed by atoms with E-state index in [1.807, 2.05) is 0 Å². The number of nitrogens with one attached hydrogen (secondary N) is 1. The van der Waals surface area contributed by atoms with Gasteiger partial charge in [-0.15, -0.1) is 0 Å². The van der Waals surface area contributed by atoms with E-state index in [2.05, 4.69) is 45.0 Å². The van der Waals surface area contributed by atoms with Crippen LogP contribution in [-0.4, -0.2) is 47.0 Å². The van der Waals surface area contributed by atoms with Crippen molar-refractivity contribution < 1.29 is 9.47 Å². The predicted molar refractivity (Wildman–Crippen MR) is 92.2 cm³/mol. The second kappa shape index (κ2) is 5.16. The molecule has 2 aromatic heterocycles. The van der Waals surface area contributed by atoms with Crippen molar-refractivity contribution in [2.24, 2.45) is 0 Å². The number of hydrogen-bond donors (Lipinski definition) is 1. The highest BCUT2D eigenvalue weighted by atomic mass is 16.7. The maximum Gasteiger partial charge on any atom is 0.171 e. The van der Waals surface area contributed by atoms with Gasteiger partial charge in [-0.3, -0.25) is 0 Å². The molecule has 0 unspecified atom stereocenters. The van der Waals surface area contributed by atoms with Gasteiger partial charge >= 0.3 is 0 Å². The molecule has 6 nitrogen and oxygen atoms in total. The molecule has 1 spiro atoms. The quantitative estimate of drug-likeness (QED) is 0.746. The zero-order chi connectivity index (χ0) is 16.1. The Bertz CT molecular complexity index is 904. The summed E-state index contributed by atoms with van der Waals surface area (Å²) < 4.78 is 11.6. The van der Waals surface area contributed by atoms with E-state index in [0.29, 0.717) is 13.2 Å². The lowest BCUT2D eigenvalue weighted by Crippen LogP contribution is -2.45. The monoisotopic (exact) mass is 324 g/mol. The Morgan fingerprint density at radius 3 is 2.71 bits per heavy atom. The zero-order valence-corrected chi connectivity index (χ0v) is 13.7. The van der Waals surface area contributed by atoms with E-state index in [0.717, 1.165) is 53.7 Å². The number of anilines is 1. The summed E-state index contributed by atoms with van der Waals surface area (Å²) >= 11 is 0. The van der Waals surface area contributed by atoms with Crippen molar-refractivity contribution in [1.29, 1.82) is 0 Å². The number of benzene rings is 1. The minimum absolute atomic E-state index is 0.361. The van der Waals surface area contributed by atoms with Gasteiger partial charge in [0.15, 0.2) is 11.6 Å². The van der Waals surface area contributed by atoms with Crippen LogP contribution in [0.2, 0.25) is 0 Å². The molecular weight excluding hydrogens is 304 g/mol. The van der Waals surface area contributed by atoms with Crippen LogP contribution in [0.4, 0.5) is 5.82 Å². The number of ether oxygens (including phenoxy) is 2.